The fraction of sp³-hybridized carbons (Fsp3) is 1.00. The van der Waals surface area contributed by atoms with E-state index < -0.39 is 30.5 Å². The van der Waals surface area contributed by atoms with E-state index in [4.69, 9.17) is 5.11 Å². The number of halogens is 7. The molecular formula is C8H11F7O. The van der Waals surface area contributed by atoms with Crippen molar-refractivity contribution in [3.05, 3.63) is 0 Å². The fourth-order valence-electron chi connectivity index (χ4n) is 1.07. The van der Waals surface area contributed by atoms with Crippen LogP contribution in [0, 0.1) is 0 Å². The van der Waals surface area contributed by atoms with Crippen LogP contribution >= 0.6 is 0 Å². The van der Waals surface area contributed by atoms with Crippen LogP contribution in [0.2, 0.25) is 0 Å². The van der Waals surface area contributed by atoms with E-state index in [9.17, 15) is 30.7 Å². The molecule has 8 heteroatoms. The zero-order valence-electron chi connectivity index (χ0n) is 8.29. The van der Waals surface area contributed by atoms with Crippen LogP contribution in [0.15, 0.2) is 0 Å². The minimum atomic E-state index is -6.33. The highest BCUT2D eigenvalue weighted by molar-refractivity contribution is 4.92. The Bertz CT molecular complexity index is 223. The third-order valence-electron chi connectivity index (χ3n) is 1.93. The van der Waals surface area contributed by atoms with Crippen LogP contribution in [-0.4, -0.2) is 29.2 Å². The lowest BCUT2D eigenvalue weighted by molar-refractivity contribution is -0.358. The Morgan fingerprint density at radius 2 is 1.44 bits per heavy atom. The van der Waals surface area contributed by atoms with E-state index in [0.717, 1.165) is 0 Å². The Morgan fingerprint density at radius 1 is 1.00 bits per heavy atom. The smallest absolute Gasteiger partial charge is 0.393 e. The molecule has 0 fully saturated rings. The Hall–Kier alpha value is -0.530. The molecule has 0 heterocycles. The Kier molecular flexibility index (Phi) is 4.61. The van der Waals surface area contributed by atoms with Gasteiger partial charge in [0, 0.05) is 6.42 Å². The summed E-state index contributed by atoms with van der Waals surface area (Å²) in [6, 6.07) is 0. The molecule has 1 N–H and O–H groups in total. The highest BCUT2D eigenvalue weighted by Gasteiger charge is 2.72. The van der Waals surface area contributed by atoms with E-state index in [-0.39, 0.29) is 12.8 Å². The first kappa shape index (κ1) is 15.5. The molecule has 0 aromatic carbocycles. The third kappa shape index (κ3) is 3.23. The predicted molar refractivity (Wildman–Crippen MR) is 41.5 cm³/mol. The molecule has 0 saturated carbocycles. The van der Waals surface area contributed by atoms with Gasteiger partial charge in [-0.25, -0.2) is 0 Å². The third-order valence-corrected chi connectivity index (χ3v) is 1.93. The number of rotatable bonds is 5. The summed E-state index contributed by atoms with van der Waals surface area (Å²) in [7, 11) is 0. The molecule has 0 aliphatic carbocycles. The first-order valence-electron chi connectivity index (χ1n) is 4.46. The topological polar surface area (TPSA) is 20.2 Å². The summed E-state index contributed by atoms with van der Waals surface area (Å²) in [6.07, 6.45) is -10.2. The maximum absolute atomic E-state index is 12.6. The lowest BCUT2D eigenvalue weighted by Crippen LogP contribution is -2.53. The van der Waals surface area contributed by atoms with Crippen molar-refractivity contribution in [3.8, 4) is 0 Å². The normalized spacial score (nSPS) is 16.3. The highest BCUT2D eigenvalue weighted by Crippen LogP contribution is 2.48. The molecule has 0 bridgehead atoms. The Balaban J connectivity index is 4.77. The summed E-state index contributed by atoms with van der Waals surface area (Å²) < 4.78 is 84.9. The van der Waals surface area contributed by atoms with Crippen LogP contribution in [0.5, 0.6) is 0 Å². The van der Waals surface area contributed by atoms with Gasteiger partial charge < -0.3 is 5.11 Å². The maximum atomic E-state index is 12.6. The largest absolute Gasteiger partial charge is 0.459 e. The molecule has 0 aromatic rings. The summed E-state index contributed by atoms with van der Waals surface area (Å²) in [5.74, 6) is -11.4. The lowest BCUT2D eigenvalue weighted by atomic mass is 10.0. The van der Waals surface area contributed by atoms with Crippen molar-refractivity contribution in [1.82, 2.24) is 0 Å². The summed E-state index contributed by atoms with van der Waals surface area (Å²) >= 11 is 0. The van der Waals surface area contributed by atoms with Gasteiger partial charge in [0.1, 0.15) is 0 Å². The molecule has 0 amide bonds. The van der Waals surface area contributed by atoms with Gasteiger partial charge in [-0.2, -0.15) is 30.7 Å². The molecule has 0 aliphatic rings. The molecule has 0 spiro atoms. The zero-order valence-corrected chi connectivity index (χ0v) is 8.29. The molecule has 16 heavy (non-hydrogen) atoms. The molecule has 1 atom stereocenters. The predicted octanol–water partition coefficient (Wildman–Crippen LogP) is 3.37. The lowest BCUT2D eigenvalue weighted by Gasteiger charge is -2.29. The zero-order chi connectivity index (χ0) is 13.2. The monoisotopic (exact) mass is 256 g/mol. The van der Waals surface area contributed by atoms with Gasteiger partial charge in [-0.1, -0.05) is 13.3 Å². The number of alkyl halides is 7. The molecular weight excluding hydrogens is 245 g/mol. The molecule has 0 rings (SSSR count). The fourth-order valence-corrected chi connectivity index (χ4v) is 1.07. The second-order valence-electron chi connectivity index (χ2n) is 3.42. The van der Waals surface area contributed by atoms with Gasteiger partial charge in [0.2, 0.25) is 0 Å². The Morgan fingerprint density at radius 3 is 1.75 bits per heavy atom. The van der Waals surface area contributed by atoms with E-state index >= 15 is 0 Å². The minimum Gasteiger partial charge on any atom is -0.393 e. The van der Waals surface area contributed by atoms with Gasteiger partial charge in [-0.3, -0.25) is 0 Å². The molecule has 0 saturated heterocycles. The van der Waals surface area contributed by atoms with Crippen LogP contribution in [0.3, 0.4) is 0 Å². The SMILES string of the molecule is CCCC(O)CC(F)(F)C(F)(F)C(F)(F)F. The van der Waals surface area contributed by atoms with Gasteiger partial charge in [0.15, 0.2) is 0 Å². The minimum absolute atomic E-state index is 0.203. The first-order valence-corrected chi connectivity index (χ1v) is 4.46. The van der Waals surface area contributed by atoms with E-state index in [1.54, 1.807) is 0 Å². The second-order valence-corrected chi connectivity index (χ2v) is 3.42. The maximum Gasteiger partial charge on any atom is 0.459 e. The van der Waals surface area contributed by atoms with Gasteiger partial charge in [0.05, 0.1) is 6.10 Å². The van der Waals surface area contributed by atoms with Crippen LogP contribution in [0.4, 0.5) is 30.7 Å². The van der Waals surface area contributed by atoms with E-state index in [2.05, 4.69) is 0 Å². The van der Waals surface area contributed by atoms with Crippen molar-refractivity contribution < 1.29 is 35.8 Å². The van der Waals surface area contributed by atoms with E-state index in [1.165, 1.54) is 6.92 Å². The van der Waals surface area contributed by atoms with Crippen molar-refractivity contribution in [2.24, 2.45) is 0 Å². The van der Waals surface area contributed by atoms with Crippen molar-refractivity contribution in [2.45, 2.75) is 50.3 Å². The molecule has 0 aromatic heterocycles. The van der Waals surface area contributed by atoms with Crippen molar-refractivity contribution in [2.75, 3.05) is 0 Å². The van der Waals surface area contributed by atoms with Crippen LogP contribution in [0.25, 0.3) is 0 Å². The average molecular weight is 256 g/mol. The molecule has 1 nitrogen and oxygen atoms in total. The number of aliphatic hydroxyl groups is 1. The molecule has 98 valence electrons. The molecule has 0 radical (unpaired) electrons. The van der Waals surface area contributed by atoms with Gasteiger partial charge in [-0.05, 0) is 6.42 Å². The van der Waals surface area contributed by atoms with Crippen molar-refractivity contribution in [3.63, 3.8) is 0 Å². The number of aliphatic hydroxyl groups excluding tert-OH is 1. The van der Waals surface area contributed by atoms with Crippen molar-refractivity contribution >= 4 is 0 Å². The van der Waals surface area contributed by atoms with Gasteiger partial charge in [-0.15, -0.1) is 0 Å². The number of hydrogen-bond acceptors (Lipinski definition) is 1. The summed E-state index contributed by atoms with van der Waals surface area (Å²) in [5, 5.41) is 8.83. The first-order chi connectivity index (χ1) is 6.95. The highest BCUT2D eigenvalue weighted by atomic mass is 19.4. The quantitative estimate of drug-likeness (QED) is 0.748. The van der Waals surface area contributed by atoms with Crippen LogP contribution in [0.1, 0.15) is 26.2 Å². The number of hydrogen-bond donors (Lipinski definition) is 1. The van der Waals surface area contributed by atoms with E-state index in [0.29, 0.717) is 0 Å². The standard InChI is InChI=1S/C8H11F7O/c1-2-3-5(16)4-6(9,10)7(11,12)8(13,14)15/h5,16H,2-4H2,1H3. The average Bonchev–Trinajstić information content (AvgIpc) is 2.00. The van der Waals surface area contributed by atoms with Gasteiger partial charge >= 0.3 is 18.0 Å². The van der Waals surface area contributed by atoms with E-state index in [1.807, 2.05) is 0 Å². The van der Waals surface area contributed by atoms with Crippen LogP contribution < -0.4 is 0 Å². The summed E-state index contributed by atoms with van der Waals surface area (Å²) in [4.78, 5) is 0. The van der Waals surface area contributed by atoms with Crippen LogP contribution in [-0.2, 0) is 0 Å². The second kappa shape index (κ2) is 4.77. The van der Waals surface area contributed by atoms with Crippen molar-refractivity contribution in [1.29, 1.82) is 0 Å². The summed E-state index contributed by atoms with van der Waals surface area (Å²) in [6.45, 7) is 1.48. The van der Waals surface area contributed by atoms with Gasteiger partial charge in [0.25, 0.3) is 0 Å². The molecule has 1 unspecified atom stereocenters. The Labute approximate surface area is 87.2 Å². The summed E-state index contributed by atoms with van der Waals surface area (Å²) in [5.41, 5.74) is 0. The molecule has 0 aliphatic heterocycles.